The van der Waals surface area contributed by atoms with Crippen molar-refractivity contribution in [2.75, 3.05) is 26.4 Å². The van der Waals surface area contributed by atoms with Crippen LogP contribution in [0.4, 0.5) is 4.79 Å². The van der Waals surface area contributed by atoms with Crippen LogP contribution in [0.1, 0.15) is 44.7 Å². The summed E-state index contributed by atoms with van der Waals surface area (Å²) < 4.78 is 11.5. The van der Waals surface area contributed by atoms with Gasteiger partial charge in [0.1, 0.15) is 5.54 Å². The zero-order chi connectivity index (χ0) is 19.9. The van der Waals surface area contributed by atoms with Crippen molar-refractivity contribution in [2.45, 2.75) is 52.1 Å². The van der Waals surface area contributed by atoms with Gasteiger partial charge in [0.25, 0.3) is 5.91 Å². The first-order valence-electron chi connectivity index (χ1n) is 10.2. The molecule has 2 heterocycles. The van der Waals surface area contributed by atoms with Crippen molar-refractivity contribution in [1.29, 1.82) is 0 Å². The Kier molecular flexibility index (Phi) is 4.95. The Morgan fingerprint density at radius 2 is 1.75 bits per heavy atom. The molecular formula is C21H29N3O4. The number of urea groups is 1. The van der Waals surface area contributed by atoms with Gasteiger partial charge in [0.2, 0.25) is 0 Å². The number of carbonyl (C=O) groups excluding carboxylic acids is 2. The van der Waals surface area contributed by atoms with E-state index in [9.17, 15) is 9.59 Å². The van der Waals surface area contributed by atoms with Crippen LogP contribution in [0.15, 0.2) is 12.1 Å². The summed E-state index contributed by atoms with van der Waals surface area (Å²) in [5.74, 6) is 1.72. The predicted octanol–water partition coefficient (Wildman–Crippen LogP) is 2.52. The zero-order valence-electron chi connectivity index (χ0n) is 16.9. The van der Waals surface area contributed by atoms with Gasteiger partial charge in [0, 0.05) is 13.1 Å². The van der Waals surface area contributed by atoms with Gasteiger partial charge in [-0.05, 0) is 69.2 Å². The number of nitrogens with zero attached hydrogens (tertiary/aromatic N) is 2. The number of hydrogen-bond acceptors (Lipinski definition) is 5. The van der Waals surface area contributed by atoms with Gasteiger partial charge in [0.15, 0.2) is 11.5 Å². The summed E-state index contributed by atoms with van der Waals surface area (Å²) in [4.78, 5) is 28.8. The molecular weight excluding hydrogens is 358 g/mol. The normalized spacial score (nSPS) is 24.9. The molecule has 0 spiro atoms. The smallest absolute Gasteiger partial charge is 0.326 e. The van der Waals surface area contributed by atoms with E-state index < -0.39 is 5.54 Å². The molecule has 152 valence electrons. The molecule has 0 bridgehead atoms. The van der Waals surface area contributed by atoms with Gasteiger partial charge < -0.3 is 14.8 Å². The maximum atomic E-state index is 12.9. The molecule has 7 nitrogen and oxygen atoms in total. The molecule has 7 heteroatoms. The van der Waals surface area contributed by atoms with Gasteiger partial charge in [-0.1, -0.05) is 0 Å². The summed E-state index contributed by atoms with van der Waals surface area (Å²) in [7, 11) is 0. The summed E-state index contributed by atoms with van der Waals surface area (Å²) in [6, 6.07) is 3.83. The van der Waals surface area contributed by atoms with Crippen LogP contribution >= 0.6 is 0 Å². The minimum Gasteiger partial charge on any atom is -0.490 e. The van der Waals surface area contributed by atoms with Crippen molar-refractivity contribution in [3.05, 3.63) is 23.3 Å². The van der Waals surface area contributed by atoms with Crippen molar-refractivity contribution in [2.24, 2.45) is 5.92 Å². The van der Waals surface area contributed by atoms with E-state index in [4.69, 9.17) is 9.47 Å². The maximum Gasteiger partial charge on any atom is 0.326 e. The van der Waals surface area contributed by atoms with Crippen LogP contribution < -0.4 is 14.8 Å². The number of carbonyl (C=O) groups is 2. The fourth-order valence-electron chi connectivity index (χ4n) is 4.26. The summed E-state index contributed by atoms with van der Waals surface area (Å²) in [6.07, 6.45) is 2.87. The van der Waals surface area contributed by atoms with Crippen molar-refractivity contribution in [3.63, 3.8) is 0 Å². The predicted molar refractivity (Wildman–Crippen MR) is 104 cm³/mol. The minimum absolute atomic E-state index is 0.0903. The highest BCUT2D eigenvalue weighted by atomic mass is 16.5. The number of fused-ring (bicyclic) bond motifs is 1. The standard InChI is InChI=1S/C21H29N3O4/c1-4-27-17-10-14-8-9-23(12-15(14)11-18(17)28-5-2)13-24-19(25)21(3,16-6-7-16)22-20(24)26/h10-11,16H,4-9,12-13H2,1-3H3,(H,22,26)/t21-/m1/s1. The van der Waals surface area contributed by atoms with Gasteiger partial charge in [-0.15, -0.1) is 0 Å². The molecule has 3 amide bonds. The van der Waals surface area contributed by atoms with Crippen molar-refractivity contribution in [1.82, 2.24) is 15.1 Å². The van der Waals surface area contributed by atoms with Crippen LogP contribution in [0.25, 0.3) is 0 Å². The molecule has 0 radical (unpaired) electrons. The summed E-state index contributed by atoms with van der Waals surface area (Å²) in [5, 5.41) is 2.92. The molecule has 0 unspecified atom stereocenters. The molecule has 4 rings (SSSR count). The Morgan fingerprint density at radius 1 is 1.11 bits per heavy atom. The Hall–Kier alpha value is -2.28. The second-order valence-electron chi connectivity index (χ2n) is 8.02. The van der Waals surface area contributed by atoms with E-state index in [0.717, 1.165) is 42.9 Å². The first-order valence-corrected chi connectivity index (χ1v) is 10.2. The molecule has 1 N–H and O–H groups in total. The first-order chi connectivity index (χ1) is 13.5. The van der Waals surface area contributed by atoms with E-state index in [1.165, 1.54) is 10.5 Å². The van der Waals surface area contributed by atoms with Gasteiger partial charge >= 0.3 is 6.03 Å². The molecule has 3 aliphatic rings. The van der Waals surface area contributed by atoms with E-state index in [2.05, 4.69) is 16.3 Å². The number of rotatable bonds is 7. The molecule has 28 heavy (non-hydrogen) atoms. The average Bonchev–Trinajstić information content (AvgIpc) is 3.49. The monoisotopic (exact) mass is 387 g/mol. The SMILES string of the molecule is CCOc1cc2c(cc1OCC)CN(CN1C(=O)N[C@](C)(C3CC3)C1=O)CC2. The molecule has 1 aliphatic carbocycles. The van der Waals surface area contributed by atoms with Crippen molar-refractivity contribution in [3.8, 4) is 11.5 Å². The highest BCUT2D eigenvalue weighted by molar-refractivity contribution is 6.07. The maximum absolute atomic E-state index is 12.9. The number of benzene rings is 1. The Bertz CT molecular complexity index is 792. The van der Waals surface area contributed by atoms with Gasteiger partial charge in [-0.25, -0.2) is 9.69 Å². The topological polar surface area (TPSA) is 71.1 Å². The van der Waals surface area contributed by atoms with Gasteiger partial charge in [-0.3, -0.25) is 9.69 Å². The van der Waals surface area contributed by atoms with Crippen LogP contribution in [0.3, 0.4) is 0 Å². The Morgan fingerprint density at radius 3 is 2.36 bits per heavy atom. The third-order valence-electron chi connectivity index (χ3n) is 5.99. The second kappa shape index (κ2) is 7.28. The second-order valence-corrected chi connectivity index (χ2v) is 8.02. The van der Waals surface area contributed by atoms with E-state index >= 15 is 0 Å². The number of amides is 3. The third-order valence-corrected chi connectivity index (χ3v) is 5.99. The molecule has 1 aromatic rings. The van der Waals surface area contributed by atoms with E-state index in [1.54, 1.807) is 0 Å². The number of nitrogens with one attached hydrogen (secondary N) is 1. The lowest BCUT2D eigenvalue weighted by molar-refractivity contribution is -0.133. The lowest BCUT2D eigenvalue weighted by Crippen LogP contribution is -2.47. The molecule has 1 aromatic carbocycles. The first kappa shape index (κ1) is 19.1. The third kappa shape index (κ3) is 3.32. The quantitative estimate of drug-likeness (QED) is 0.728. The van der Waals surface area contributed by atoms with Crippen LogP contribution in [-0.2, 0) is 17.8 Å². The number of ether oxygens (including phenoxy) is 2. The molecule has 2 fully saturated rings. The highest BCUT2D eigenvalue weighted by Crippen LogP contribution is 2.42. The number of hydrogen-bond donors (Lipinski definition) is 1. The van der Waals surface area contributed by atoms with Crippen molar-refractivity contribution >= 4 is 11.9 Å². The van der Waals surface area contributed by atoms with Crippen LogP contribution in [0.5, 0.6) is 11.5 Å². The fraction of sp³-hybridized carbons (Fsp3) is 0.619. The van der Waals surface area contributed by atoms with Crippen molar-refractivity contribution < 1.29 is 19.1 Å². The largest absolute Gasteiger partial charge is 0.490 e. The lowest BCUT2D eigenvalue weighted by atomic mass is 9.96. The van der Waals surface area contributed by atoms with Crippen LogP contribution in [0.2, 0.25) is 0 Å². The average molecular weight is 387 g/mol. The Balaban J connectivity index is 1.49. The van der Waals surface area contributed by atoms with Gasteiger partial charge in [0.05, 0.1) is 19.9 Å². The van der Waals surface area contributed by atoms with E-state index in [-0.39, 0.29) is 17.9 Å². The summed E-state index contributed by atoms with van der Waals surface area (Å²) in [6.45, 7) is 8.74. The Labute approximate surface area is 166 Å². The molecule has 1 atom stereocenters. The van der Waals surface area contributed by atoms with Gasteiger partial charge in [-0.2, -0.15) is 0 Å². The highest BCUT2D eigenvalue weighted by Gasteiger charge is 2.56. The summed E-state index contributed by atoms with van der Waals surface area (Å²) in [5.41, 5.74) is 1.68. The molecule has 1 saturated heterocycles. The van der Waals surface area contributed by atoms with E-state index in [1.807, 2.05) is 26.8 Å². The van der Waals surface area contributed by atoms with Crippen LogP contribution in [-0.4, -0.2) is 53.7 Å². The zero-order valence-corrected chi connectivity index (χ0v) is 16.9. The molecule has 2 aliphatic heterocycles. The minimum atomic E-state index is -0.723. The molecule has 0 aromatic heterocycles. The lowest BCUT2D eigenvalue weighted by Gasteiger charge is -2.32. The van der Waals surface area contributed by atoms with Crippen LogP contribution in [0, 0.1) is 5.92 Å². The fourth-order valence-corrected chi connectivity index (χ4v) is 4.26. The number of imide groups is 1. The molecule has 1 saturated carbocycles. The summed E-state index contributed by atoms with van der Waals surface area (Å²) >= 11 is 0. The van der Waals surface area contributed by atoms with E-state index in [0.29, 0.717) is 26.4 Å².